The molecule has 1 N–H and O–H groups in total. The number of amides is 1. The van der Waals surface area contributed by atoms with Gasteiger partial charge in [0.05, 0.1) is 11.1 Å². The SMILES string of the molecule is O=C(c1c(O)c2ccccc2oc1=O)N(Oc1ccc(Cl)cc1)c1ccccc1. The smallest absolute Gasteiger partial charge is 0.353 e. The Morgan fingerprint density at radius 1 is 0.931 bits per heavy atom. The highest BCUT2D eigenvalue weighted by Gasteiger charge is 2.28. The second-order valence-corrected chi connectivity index (χ2v) is 6.53. The van der Waals surface area contributed by atoms with Crippen LogP contribution in [0.25, 0.3) is 11.0 Å². The Balaban J connectivity index is 1.83. The third-order valence-electron chi connectivity index (χ3n) is 4.19. The van der Waals surface area contributed by atoms with Crippen LogP contribution in [0, 0.1) is 0 Å². The van der Waals surface area contributed by atoms with Gasteiger partial charge in [0.1, 0.15) is 11.3 Å². The molecule has 0 bridgehead atoms. The fourth-order valence-corrected chi connectivity index (χ4v) is 2.93. The lowest BCUT2D eigenvalue weighted by Gasteiger charge is -2.22. The summed E-state index contributed by atoms with van der Waals surface area (Å²) in [4.78, 5) is 31.5. The van der Waals surface area contributed by atoms with Crippen LogP contribution < -0.4 is 15.5 Å². The molecule has 0 aliphatic rings. The number of benzene rings is 3. The predicted molar refractivity (Wildman–Crippen MR) is 109 cm³/mol. The molecule has 0 radical (unpaired) electrons. The molecule has 1 amide bonds. The van der Waals surface area contributed by atoms with E-state index in [1.807, 2.05) is 0 Å². The summed E-state index contributed by atoms with van der Waals surface area (Å²) in [6.07, 6.45) is 0. The van der Waals surface area contributed by atoms with Crippen molar-refractivity contribution >= 4 is 34.2 Å². The number of anilines is 1. The number of fused-ring (bicyclic) bond motifs is 1. The van der Waals surface area contributed by atoms with Crippen LogP contribution in [0.1, 0.15) is 10.4 Å². The highest BCUT2D eigenvalue weighted by Crippen LogP contribution is 2.29. The van der Waals surface area contributed by atoms with Crippen molar-refractivity contribution < 1.29 is 19.2 Å². The van der Waals surface area contributed by atoms with Gasteiger partial charge in [-0.1, -0.05) is 41.9 Å². The number of para-hydroxylation sites is 2. The van der Waals surface area contributed by atoms with Gasteiger partial charge >= 0.3 is 11.5 Å². The highest BCUT2D eigenvalue weighted by atomic mass is 35.5. The maximum atomic E-state index is 13.3. The molecule has 4 rings (SSSR count). The van der Waals surface area contributed by atoms with Crippen molar-refractivity contribution in [3.8, 4) is 11.5 Å². The molecule has 29 heavy (non-hydrogen) atoms. The minimum absolute atomic E-state index is 0.177. The average molecular weight is 408 g/mol. The van der Waals surface area contributed by atoms with Gasteiger partial charge in [0, 0.05) is 5.02 Å². The summed E-state index contributed by atoms with van der Waals surface area (Å²) in [5.74, 6) is -1.03. The van der Waals surface area contributed by atoms with E-state index in [9.17, 15) is 14.7 Å². The summed E-state index contributed by atoms with van der Waals surface area (Å²) in [5.41, 5.74) is -0.954. The van der Waals surface area contributed by atoms with E-state index in [0.717, 1.165) is 5.06 Å². The molecule has 0 fully saturated rings. The minimum atomic E-state index is -0.966. The second-order valence-electron chi connectivity index (χ2n) is 6.09. The maximum absolute atomic E-state index is 13.3. The molecule has 0 aliphatic heterocycles. The monoisotopic (exact) mass is 407 g/mol. The van der Waals surface area contributed by atoms with Crippen LogP contribution in [-0.4, -0.2) is 11.0 Å². The van der Waals surface area contributed by atoms with Gasteiger partial charge in [-0.05, 0) is 48.5 Å². The lowest BCUT2D eigenvalue weighted by atomic mass is 10.1. The number of halogens is 1. The molecule has 0 saturated carbocycles. The van der Waals surface area contributed by atoms with Gasteiger partial charge in [0.15, 0.2) is 11.3 Å². The average Bonchev–Trinajstić information content (AvgIpc) is 2.74. The molecular weight excluding hydrogens is 394 g/mol. The van der Waals surface area contributed by atoms with E-state index < -0.39 is 22.8 Å². The van der Waals surface area contributed by atoms with Crippen LogP contribution in [0.5, 0.6) is 11.5 Å². The van der Waals surface area contributed by atoms with Crippen molar-refractivity contribution in [2.75, 3.05) is 5.06 Å². The van der Waals surface area contributed by atoms with Crippen LogP contribution in [0.3, 0.4) is 0 Å². The van der Waals surface area contributed by atoms with Gasteiger partial charge in [-0.3, -0.25) is 4.79 Å². The van der Waals surface area contributed by atoms with Crippen molar-refractivity contribution in [3.63, 3.8) is 0 Å². The first-order valence-electron chi connectivity index (χ1n) is 8.62. The van der Waals surface area contributed by atoms with Crippen molar-refractivity contribution in [1.29, 1.82) is 0 Å². The van der Waals surface area contributed by atoms with Crippen LogP contribution >= 0.6 is 11.6 Å². The standard InChI is InChI=1S/C22H14ClNO5/c23-14-10-12-16(13-11-14)29-24(15-6-2-1-3-7-15)21(26)19-20(25)17-8-4-5-9-18(17)28-22(19)27/h1-13,25H. The number of carbonyl (C=O) groups excluding carboxylic acids is 1. The Labute approximate surface area is 170 Å². The number of hydroxylamine groups is 1. The number of hydrogen-bond donors (Lipinski definition) is 1. The van der Waals surface area contributed by atoms with Crippen molar-refractivity contribution in [2.24, 2.45) is 0 Å². The molecule has 6 nitrogen and oxygen atoms in total. The normalized spacial score (nSPS) is 10.7. The van der Waals surface area contributed by atoms with E-state index in [4.69, 9.17) is 20.9 Å². The van der Waals surface area contributed by atoms with Crippen LogP contribution in [0.2, 0.25) is 5.02 Å². The molecule has 0 spiro atoms. The Bertz CT molecular complexity index is 1240. The van der Waals surface area contributed by atoms with Gasteiger partial charge in [-0.15, -0.1) is 5.06 Å². The summed E-state index contributed by atoms with van der Waals surface area (Å²) in [7, 11) is 0. The minimum Gasteiger partial charge on any atom is -0.506 e. The fraction of sp³-hybridized carbons (Fsp3) is 0. The first kappa shape index (κ1) is 18.6. The van der Waals surface area contributed by atoms with E-state index >= 15 is 0 Å². The zero-order chi connectivity index (χ0) is 20.4. The number of hydrogen-bond acceptors (Lipinski definition) is 5. The second kappa shape index (κ2) is 7.69. The lowest BCUT2D eigenvalue weighted by Crippen LogP contribution is -2.37. The summed E-state index contributed by atoms with van der Waals surface area (Å²) in [6.45, 7) is 0. The molecular formula is C22H14ClNO5. The zero-order valence-corrected chi connectivity index (χ0v) is 15.7. The lowest BCUT2D eigenvalue weighted by molar-refractivity contribution is 0.0873. The molecule has 1 aromatic heterocycles. The summed E-state index contributed by atoms with van der Waals surface area (Å²) in [5, 5.41) is 12.3. The number of nitrogens with zero attached hydrogens (tertiary/aromatic N) is 1. The maximum Gasteiger partial charge on any atom is 0.353 e. The predicted octanol–water partition coefficient (Wildman–Crippen LogP) is 4.79. The topological polar surface area (TPSA) is 80.0 Å². The van der Waals surface area contributed by atoms with Crippen molar-refractivity contribution in [1.82, 2.24) is 0 Å². The molecule has 3 aromatic carbocycles. The first-order chi connectivity index (χ1) is 14.0. The Morgan fingerprint density at radius 3 is 2.31 bits per heavy atom. The molecule has 4 aromatic rings. The molecule has 0 unspecified atom stereocenters. The highest BCUT2D eigenvalue weighted by molar-refractivity contribution is 6.30. The van der Waals surface area contributed by atoms with Gasteiger partial charge in [-0.2, -0.15) is 0 Å². The van der Waals surface area contributed by atoms with E-state index in [1.165, 1.54) is 6.07 Å². The Morgan fingerprint density at radius 2 is 1.59 bits per heavy atom. The largest absolute Gasteiger partial charge is 0.506 e. The zero-order valence-electron chi connectivity index (χ0n) is 14.9. The van der Waals surface area contributed by atoms with Gasteiger partial charge in [0.25, 0.3) is 0 Å². The van der Waals surface area contributed by atoms with Gasteiger partial charge < -0.3 is 14.4 Å². The van der Waals surface area contributed by atoms with E-state index in [2.05, 4.69) is 0 Å². The Kier molecular flexibility index (Phi) is 4.93. The van der Waals surface area contributed by atoms with E-state index in [1.54, 1.807) is 72.8 Å². The molecule has 0 atom stereocenters. The number of carbonyl (C=O) groups is 1. The summed E-state index contributed by atoms with van der Waals surface area (Å²) < 4.78 is 5.21. The van der Waals surface area contributed by atoms with E-state index in [0.29, 0.717) is 16.5 Å². The van der Waals surface area contributed by atoms with Crippen LogP contribution in [0.4, 0.5) is 5.69 Å². The van der Waals surface area contributed by atoms with Crippen LogP contribution in [-0.2, 0) is 0 Å². The third kappa shape index (κ3) is 3.66. The molecule has 0 aliphatic carbocycles. The number of aromatic hydroxyl groups is 1. The van der Waals surface area contributed by atoms with Crippen molar-refractivity contribution in [3.05, 3.63) is 99.9 Å². The quantitative estimate of drug-likeness (QED) is 0.388. The summed E-state index contributed by atoms with van der Waals surface area (Å²) in [6, 6.07) is 21.2. The third-order valence-corrected chi connectivity index (χ3v) is 4.44. The van der Waals surface area contributed by atoms with Crippen molar-refractivity contribution in [2.45, 2.75) is 0 Å². The summed E-state index contributed by atoms with van der Waals surface area (Å²) >= 11 is 5.90. The molecule has 1 heterocycles. The Hall–Kier alpha value is -3.77. The van der Waals surface area contributed by atoms with Gasteiger partial charge in [-0.25, -0.2) is 4.79 Å². The molecule has 7 heteroatoms. The number of rotatable bonds is 4. The van der Waals surface area contributed by atoms with E-state index in [-0.39, 0.29) is 11.0 Å². The molecule has 0 saturated heterocycles. The van der Waals surface area contributed by atoms with Crippen LogP contribution in [0.15, 0.2) is 88.1 Å². The van der Waals surface area contributed by atoms with Gasteiger partial charge in [0.2, 0.25) is 0 Å². The fourth-order valence-electron chi connectivity index (χ4n) is 2.80. The molecule has 144 valence electrons. The first-order valence-corrected chi connectivity index (χ1v) is 9.00.